The molecular weight excluding hydrogens is 250 g/mol. The highest BCUT2D eigenvalue weighted by molar-refractivity contribution is 5.81. The van der Waals surface area contributed by atoms with E-state index in [0.717, 1.165) is 10.6 Å². The first kappa shape index (κ1) is 15.0. The maximum Gasteiger partial charge on any atom is 0.323 e. The first-order valence-corrected chi connectivity index (χ1v) is 5.81. The van der Waals surface area contributed by atoms with Gasteiger partial charge >= 0.3 is 5.97 Å². The fourth-order valence-corrected chi connectivity index (χ4v) is 1.30. The van der Waals surface area contributed by atoms with Crippen LogP contribution < -0.4 is 4.74 Å². The predicted octanol–water partition coefficient (Wildman–Crippen LogP) is 0.625. The standard InChI is InChI=1S/C13H17NO5/c1-14(9-13(16)17)12(15)10-18-7-8-19-11-5-3-2-4-6-11/h2-6H,7-10H2,1H3,(H,16,17). The minimum absolute atomic E-state index is 0.151. The monoisotopic (exact) mass is 267 g/mol. The molecule has 1 amide bonds. The van der Waals surface area contributed by atoms with E-state index in [1.54, 1.807) is 0 Å². The van der Waals surface area contributed by atoms with Gasteiger partial charge in [0, 0.05) is 7.05 Å². The molecule has 0 unspecified atom stereocenters. The van der Waals surface area contributed by atoms with Gasteiger partial charge in [-0.1, -0.05) is 18.2 Å². The molecule has 1 aromatic carbocycles. The number of rotatable bonds is 8. The summed E-state index contributed by atoms with van der Waals surface area (Å²) in [4.78, 5) is 22.9. The summed E-state index contributed by atoms with van der Waals surface area (Å²) in [6.45, 7) is 0.117. The smallest absolute Gasteiger partial charge is 0.323 e. The van der Waals surface area contributed by atoms with Gasteiger partial charge in [0.05, 0.1) is 6.61 Å². The van der Waals surface area contributed by atoms with Crippen LogP contribution in [0.25, 0.3) is 0 Å². The summed E-state index contributed by atoms with van der Waals surface area (Å²) in [6, 6.07) is 9.26. The van der Waals surface area contributed by atoms with Crippen LogP contribution in [0.2, 0.25) is 0 Å². The van der Waals surface area contributed by atoms with Crippen molar-refractivity contribution >= 4 is 11.9 Å². The van der Waals surface area contributed by atoms with Gasteiger partial charge in [-0.15, -0.1) is 0 Å². The van der Waals surface area contributed by atoms with Crippen LogP contribution in [0.1, 0.15) is 0 Å². The summed E-state index contributed by atoms with van der Waals surface area (Å²) >= 11 is 0. The summed E-state index contributed by atoms with van der Waals surface area (Å²) < 4.78 is 10.5. The van der Waals surface area contributed by atoms with Crippen molar-refractivity contribution < 1.29 is 24.2 Å². The Kier molecular flexibility index (Phi) is 6.38. The molecule has 19 heavy (non-hydrogen) atoms. The van der Waals surface area contributed by atoms with Crippen LogP contribution in [-0.4, -0.2) is 55.3 Å². The molecule has 1 N–H and O–H groups in total. The lowest BCUT2D eigenvalue weighted by Crippen LogP contribution is -2.34. The van der Waals surface area contributed by atoms with Gasteiger partial charge in [-0.25, -0.2) is 0 Å². The van der Waals surface area contributed by atoms with E-state index >= 15 is 0 Å². The van der Waals surface area contributed by atoms with Crippen molar-refractivity contribution in [1.29, 1.82) is 0 Å². The van der Waals surface area contributed by atoms with Crippen LogP contribution in [0.5, 0.6) is 5.75 Å². The summed E-state index contributed by atoms with van der Waals surface area (Å²) in [5.41, 5.74) is 0. The Morgan fingerprint density at radius 3 is 2.53 bits per heavy atom. The number of hydrogen-bond donors (Lipinski definition) is 1. The molecular formula is C13H17NO5. The Hall–Kier alpha value is -2.08. The molecule has 1 aromatic rings. The van der Waals surface area contributed by atoms with Gasteiger partial charge in [0.15, 0.2) is 0 Å². The van der Waals surface area contributed by atoms with Gasteiger partial charge in [-0.2, -0.15) is 0 Å². The third-order valence-corrected chi connectivity index (χ3v) is 2.26. The van der Waals surface area contributed by atoms with Crippen LogP contribution in [0, 0.1) is 0 Å². The molecule has 0 radical (unpaired) electrons. The molecule has 1 rings (SSSR count). The van der Waals surface area contributed by atoms with Crippen LogP contribution in [-0.2, 0) is 14.3 Å². The number of likely N-dealkylation sites (N-methyl/N-ethyl adjacent to an activating group) is 1. The van der Waals surface area contributed by atoms with Crippen LogP contribution >= 0.6 is 0 Å². The van der Waals surface area contributed by atoms with E-state index in [9.17, 15) is 9.59 Å². The van der Waals surface area contributed by atoms with E-state index in [4.69, 9.17) is 14.6 Å². The number of carboxylic acids is 1. The zero-order valence-electron chi connectivity index (χ0n) is 10.7. The average molecular weight is 267 g/mol. The molecule has 0 saturated carbocycles. The molecule has 0 aliphatic rings. The van der Waals surface area contributed by atoms with Gasteiger partial charge in [0.1, 0.15) is 25.5 Å². The minimum atomic E-state index is -1.05. The largest absolute Gasteiger partial charge is 0.491 e. The molecule has 0 spiro atoms. The molecule has 104 valence electrons. The molecule has 0 aliphatic carbocycles. The Morgan fingerprint density at radius 1 is 1.21 bits per heavy atom. The lowest BCUT2D eigenvalue weighted by Gasteiger charge is -2.14. The molecule has 0 saturated heterocycles. The summed E-state index contributed by atoms with van der Waals surface area (Å²) in [5.74, 6) is -0.689. The lowest BCUT2D eigenvalue weighted by atomic mass is 10.3. The lowest BCUT2D eigenvalue weighted by molar-refractivity contribution is -0.145. The first-order valence-electron chi connectivity index (χ1n) is 5.81. The number of carbonyl (C=O) groups excluding carboxylic acids is 1. The van der Waals surface area contributed by atoms with E-state index in [2.05, 4.69) is 0 Å². The molecule has 0 fully saturated rings. The van der Waals surface area contributed by atoms with Gasteiger partial charge in [-0.3, -0.25) is 9.59 Å². The normalized spacial score (nSPS) is 9.95. The van der Waals surface area contributed by atoms with Crippen LogP contribution in [0.15, 0.2) is 30.3 Å². The molecule has 0 heterocycles. The predicted molar refractivity (Wildman–Crippen MR) is 68.0 cm³/mol. The molecule has 6 nitrogen and oxygen atoms in total. The van der Waals surface area contributed by atoms with E-state index in [-0.39, 0.29) is 25.7 Å². The summed E-state index contributed by atoms with van der Waals surface area (Å²) in [7, 11) is 1.42. The van der Waals surface area contributed by atoms with Crippen LogP contribution in [0.3, 0.4) is 0 Å². The van der Waals surface area contributed by atoms with E-state index in [0.29, 0.717) is 6.61 Å². The number of carbonyl (C=O) groups is 2. The SMILES string of the molecule is CN(CC(=O)O)C(=O)COCCOc1ccccc1. The van der Waals surface area contributed by atoms with Crippen molar-refractivity contribution in [1.82, 2.24) is 4.90 Å². The minimum Gasteiger partial charge on any atom is -0.491 e. The second-order valence-corrected chi connectivity index (χ2v) is 3.86. The molecule has 0 aliphatic heterocycles. The second kappa shape index (κ2) is 8.10. The number of benzene rings is 1. The zero-order valence-corrected chi connectivity index (χ0v) is 10.7. The number of hydrogen-bond acceptors (Lipinski definition) is 4. The van der Waals surface area contributed by atoms with Crippen molar-refractivity contribution in [3.05, 3.63) is 30.3 Å². The number of amides is 1. The molecule has 0 bridgehead atoms. The number of carboxylic acid groups (broad SMARTS) is 1. The van der Waals surface area contributed by atoms with Gasteiger partial charge in [-0.05, 0) is 12.1 Å². The third kappa shape index (κ3) is 6.42. The van der Waals surface area contributed by atoms with E-state index in [1.165, 1.54) is 7.05 Å². The number of para-hydroxylation sites is 1. The van der Waals surface area contributed by atoms with Crippen molar-refractivity contribution in [2.24, 2.45) is 0 Å². The van der Waals surface area contributed by atoms with Crippen LogP contribution in [0.4, 0.5) is 0 Å². The summed E-state index contributed by atoms with van der Waals surface area (Å²) in [5, 5.41) is 8.51. The van der Waals surface area contributed by atoms with E-state index < -0.39 is 5.97 Å². The van der Waals surface area contributed by atoms with Gasteiger partial charge in [0.2, 0.25) is 5.91 Å². The maximum absolute atomic E-state index is 11.4. The Balaban J connectivity index is 2.10. The van der Waals surface area contributed by atoms with E-state index in [1.807, 2.05) is 30.3 Å². The van der Waals surface area contributed by atoms with Crippen molar-refractivity contribution in [3.8, 4) is 5.75 Å². The first-order chi connectivity index (χ1) is 9.09. The zero-order chi connectivity index (χ0) is 14.1. The Bertz CT molecular complexity index is 407. The summed E-state index contributed by atoms with van der Waals surface area (Å²) in [6.07, 6.45) is 0. The highest BCUT2D eigenvalue weighted by Crippen LogP contribution is 2.07. The van der Waals surface area contributed by atoms with Gasteiger partial charge in [0.25, 0.3) is 0 Å². The van der Waals surface area contributed by atoms with Crippen molar-refractivity contribution in [2.75, 3.05) is 33.4 Å². The highest BCUT2D eigenvalue weighted by Gasteiger charge is 2.11. The topological polar surface area (TPSA) is 76.1 Å². The Labute approximate surface area is 111 Å². The maximum atomic E-state index is 11.4. The fourth-order valence-electron chi connectivity index (χ4n) is 1.30. The third-order valence-electron chi connectivity index (χ3n) is 2.26. The van der Waals surface area contributed by atoms with Gasteiger partial charge < -0.3 is 19.5 Å². The fraction of sp³-hybridized carbons (Fsp3) is 0.385. The van der Waals surface area contributed by atoms with Crippen molar-refractivity contribution in [3.63, 3.8) is 0 Å². The molecule has 0 aromatic heterocycles. The average Bonchev–Trinajstić information content (AvgIpc) is 2.38. The molecule has 6 heteroatoms. The highest BCUT2D eigenvalue weighted by atomic mass is 16.5. The quantitative estimate of drug-likeness (QED) is 0.699. The second-order valence-electron chi connectivity index (χ2n) is 3.86. The molecule has 0 atom stereocenters. The number of aliphatic carboxylic acids is 1. The van der Waals surface area contributed by atoms with Crippen molar-refractivity contribution in [2.45, 2.75) is 0 Å². The number of ether oxygens (including phenoxy) is 2. The Morgan fingerprint density at radius 2 is 1.89 bits per heavy atom. The number of nitrogens with zero attached hydrogens (tertiary/aromatic N) is 1.